The van der Waals surface area contributed by atoms with Gasteiger partial charge in [0.15, 0.2) is 10.9 Å². The third kappa shape index (κ3) is 4.69. The Morgan fingerprint density at radius 2 is 2.22 bits per heavy atom. The number of aromatic nitrogens is 3. The van der Waals surface area contributed by atoms with Gasteiger partial charge >= 0.3 is 0 Å². The lowest BCUT2D eigenvalue weighted by molar-refractivity contribution is 0.0732. The number of aliphatic hydroxyl groups excluding tert-OH is 1. The predicted octanol–water partition coefficient (Wildman–Crippen LogP) is 0.0143. The van der Waals surface area contributed by atoms with Gasteiger partial charge in [0, 0.05) is 33.1 Å². The molecule has 1 saturated heterocycles. The lowest BCUT2D eigenvalue weighted by Gasteiger charge is -2.17. The zero-order valence-electron chi connectivity index (χ0n) is 14.9. The van der Waals surface area contributed by atoms with Gasteiger partial charge in [0.25, 0.3) is 5.91 Å². The second-order valence-corrected chi connectivity index (χ2v) is 9.64. The Morgan fingerprint density at radius 3 is 2.89 bits per heavy atom. The number of rotatable bonds is 7. The number of hydrogen-bond acceptors (Lipinski definition) is 8. The van der Waals surface area contributed by atoms with E-state index in [0.717, 1.165) is 4.31 Å². The van der Waals surface area contributed by atoms with Crippen LogP contribution in [0.1, 0.15) is 16.3 Å². The summed E-state index contributed by atoms with van der Waals surface area (Å²) in [7, 11) is -0.567. The minimum atomic E-state index is -3.46. The maximum Gasteiger partial charge on any atom is 0.289 e. The van der Waals surface area contributed by atoms with Crippen LogP contribution in [0.25, 0.3) is 0 Å². The number of amides is 1. The third-order valence-corrected chi connectivity index (χ3v) is 7.15. The van der Waals surface area contributed by atoms with E-state index in [1.165, 1.54) is 37.1 Å². The van der Waals surface area contributed by atoms with Crippen molar-refractivity contribution in [3.05, 3.63) is 30.0 Å². The molecule has 2 aromatic heterocycles. The molecule has 0 spiro atoms. The van der Waals surface area contributed by atoms with Gasteiger partial charge in [0.2, 0.25) is 10.0 Å². The first-order chi connectivity index (χ1) is 12.8. The summed E-state index contributed by atoms with van der Waals surface area (Å²) in [6, 6.07) is 3.28. The zero-order valence-corrected chi connectivity index (χ0v) is 16.5. The average Bonchev–Trinajstić information content (AvgIpc) is 3.34. The van der Waals surface area contributed by atoms with E-state index in [-0.39, 0.29) is 30.5 Å². The van der Waals surface area contributed by atoms with Gasteiger partial charge in [-0.2, -0.15) is 5.10 Å². The summed E-state index contributed by atoms with van der Waals surface area (Å²) < 4.78 is 30.8. The lowest BCUT2D eigenvalue weighted by Crippen LogP contribution is -2.33. The molecule has 3 heterocycles. The van der Waals surface area contributed by atoms with Crippen molar-refractivity contribution in [2.75, 3.05) is 32.9 Å². The molecular weight excluding hydrogens is 394 g/mol. The van der Waals surface area contributed by atoms with Crippen molar-refractivity contribution in [3.8, 4) is 0 Å². The highest BCUT2D eigenvalue weighted by Gasteiger charge is 2.38. The Labute approximate surface area is 161 Å². The average molecular weight is 415 g/mol. The van der Waals surface area contributed by atoms with Gasteiger partial charge in [0.1, 0.15) is 12.1 Å². The third-order valence-electron chi connectivity index (χ3n) is 4.29. The molecule has 148 valence electrons. The number of aliphatic hydroxyl groups is 1. The van der Waals surface area contributed by atoms with Crippen LogP contribution in [0.4, 0.5) is 0 Å². The number of H-pyrrole nitrogens is 1. The molecule has 0 aromatic carbocycles. The Balaban J connectivity index is 1.60. The summed E-state index contributed by atoms with van der Waals surface area (Å²) >= 11 is 1.39. The number of hydrogen-bond donors (Lipinski definition) is 2. The monoisotopic (exact) mass is 415 g/mol. The summed E-state index contributed by atoms with van der Waals surface area (Å²) in [6.45, 7) is 0.241. The SMILES string of the molecule is CN(C)S(=O)(=O)C[C@@H]1CN(C(=O)c2ccc(CSc3ncn[nH]3)o2)C[C@@H]1O. The smallest absolute Gasteiger partial charge is 0.289 e. The quantitative estimate of drug-likeness (QED) is 0.605. The zero-order chi connectivity index (χ0) is 19.6. The van der Waals surface area contributed by atoms with E-state index >= 15 is 0 Å². The van der Waals surface area contributed by atoms with E-state index in [4.69, 9.17) is 4.42 Å². The fourth-order valence-corrected chi connectivity index (χ4v) is 4.57. The molecule has 12 heteroatoms. The Hall–Kier alpha value is -1.89. The summed E-state index contributed by atoms with van der Waals surface area (Å²) in [5, 5.41) is 17.3. The maximum atomic E-state index is 12.6. The van der Waals surface area contributed by atoms with Gasteiger partial charge in [-0.15, -0.1) is 0 Å². The lowest BCUT2D eigenvalue weighted by atomic mass is 10.1. The highest BCUT2D eigenvalue weighted by Crippen LogP contribution is 2.24. The van der Waals surface area contributed by atoms with Crippen molar-refractivity contribution in [2.45, 2.75) is 17.0 Å². The van der Waals surface area contributed by atoms with Crippen LogP contribution in [0.2, 0.25) is 0 Å². The molecule has 0 aliphatic carbocycles. The van der Waals surface area contributed by atoms with Crippen molar-refractivity contribution in [2.24, 2.45) is 5.92 Å². The molecule has 3 rings (SSSR count). The minimum absolute atomic E-state index is 0.0787. The number of β-amino-alcohol motifs (C(OH)–C–C–N with tert-alkyl or cyclic N) is 1. The Kier molecular flexibility index (Phi) is 5.89. The molecule has 27 heavy (non-hydrogen) atoms. The van der Waals surface area contributed by atoms with Crippen molar-refractivity contribution < 1.29 is 22.7 Å². The van der Waals surface area contributed by atoms with Crippen molar-refractivity contribution in [3.63, 3.8) is 0 Å². The topological polar surface area (TPSA) is 133 Å². The Morgan fingerprint density at radius 1 is 1.44 bits per heavy atom. The van der Waals surface area contributed by atoms with Crippen molar-refractivity contribution in [1.82, 2.24) is 24.4 Å². The standard InChI is InChI=1S/C15H21N5O5S2/c1-19(2)27(23,24)8-10-5-20(6-12(10)21)14(22)13-4-3-11(25-13)7-26-15-16-9-17-18-15/h3-4,9-10,12,21H,5-8H2,1-2H3,(H,16,17,18)/t10-,12-/m0/s1. The Bertz CT molecular complexity index is 880. The highest BCUT2D eigenvalue weighted by molar-refractivity contribution is 7.98. The molecule has 1 aliphatic rings. The van der Waals surface area contributed by atoms with Crippen LogP contribution in [0.3, 0.4) is 0 Å². The predicted molar refractivity (Wildman–Crippen MR) is 97.5 cm³/mol. The molecule has 2 N–H and O–H groups in total. The van der Waals surface area contributed by atoms with E-state index in [9.17, 15) is 18.3 Å². The number of furan rings is 1. The van der Waals surface area contributed by atoms with Gasteiger partial charge in [-0.3, -0.25) is 9.89 Å². The summed E-state index contributed by atoms with van der Waals surface area (Å²) in [5.41, 5.74) is 0. The molecule has 0 radical (unpaired) electrons. The molecule has 0 saturated carbocycles. The van der Waals surface area contributed by atoms with Crippen molar-refractivity contribution >= 4 is 27.7 Å². The van der Waals surface area contributed by atoms with Gasteiger partial charge in [-0.05, 0) is 12.1 Å². The van der Waals surface area contributed by atoms with Crippen LogP contribution in [-0.4, -0.2) is 82.9 Å². The first-order valence-corrected chi connectivity index (χ1v) is 10.8. The van der Waals surface area contributed by atoms with Crippen LogP contribution in [-0.2, 0) is 15.8 Å². The fourth-order valence-electron chi connectivity index (χ4n) is 2.73. The molecule has 0 unspecified atom stereocenters. The van der Waals surface area contributed by atoms with Gasteiger partial charge in [0.05, 0.1) is 17.6 Å². The maximum absolute atomic E-state index is 12.6. The van der Waals surface area contributed by atoms with Crippen LogP contribution < -0.4 is 0 Å². The second-order valence-electron chi connectivity index (χ2n) is 6.44. The number of sulfonamides is 1. The molecule has 2 aromatic rings. The second kappa shape index (κ2) is 8.00. The van der Waals surface area contributed by atoms with E-state index in [2.05, 4.69) is 15.2 Å². The van der Waals surface area contributed by atoms with Crippen LogP contribution in [0, 0.1) is 5.92 Å². The molecule has 10 nitrogen and oxygen atoms in total. The summed E-state index contributed by atoms with van der Waals surface area (Å²) in [5.74, 6) is 0.141. The van der Waals surface area contributed by atoms with E-state index in [1.54, 1.807) is 12.1 Å². The summed E-state index contributed by atoms with van der Waals surface area (Å²) in [6.07, 6.45) is 0.519. The summed E-state index contributed by atoms with van der Waals surface area (Å²) in [4.78, 5) is 18.0. The number of carbonyl (C=O) groups excluding carboxylic acids is 1. The van der Waals surface area contributed by atoms with Gasteiger partial charge in [-0.1, -0.05) is 11.8 Å². The number of nitrogens with zero attached hydrogens (tertiary/aromatic N) is 4. The van der Waals surface area contributed by atoms with Crippen LogP contribution in [0.5, 0.6) is 0 Å². The first kappa shape index (κ1) is 19.9. The first-order valence-electron chi connectivity index (χ1n) is 8.20. The molecule has 2 atom stereocenters. The molecule has 1 aliphatic heterocycles. The van der Waals surface area contributed by atoms with Crippen LogP contribution in [0.15, 0.2) is 28.0 Å². The minimum Gasteiger partial charge on any atom is -0.455 e. The van der Waals surface area contributed by atoms with E-state index < -0.39 is 22.0 Å². The molecule has 1 fully saturated rings. The number of likely N-dealkylation sites (tertiary alicyclic amines) is 1. The molecule has 1 amide bonds. The molecule has 0 bridgehead atoms. The van der Waals surface area contributed by atoms with Crippen molar-refractivity contribution in [1.29, 1.82) is 0 Å². The van der Waals surface area contributed by atoms with Gasteiger partial charge < -0.3 is 14.4 Å². The largest absolute Gasteiger partial charge is 0.455 e. The van der Waals surface area contributed by atoms with Gasteiger partial charge in [-0.25, -0.2) is 17.7 Å². The van der Waals surface area contributed by atoms with E-state index in [1.807, 2.05) is 0 Å². The number of thioether (sulfide) groups is 1. The number of carbonyl (C=O) groups is 1. The van der Waals surface area contributed by atoms with Crippen LogP contribution >= 0.6 is 11.8 Å². The fraction of sp³-hybridized carbons (Fsp3) is 0.533. The normalized spacial score (nSPS) is 20.5. The highest BCUT2D eigenvalue weighted by atomic mass is 32.2. The van der Waals surface area contributed by atoms with E-state index in [0.29, 0.717) is 16.7 Å². The number of aromatic amines is 1. The number of nitrogens with one attached hydrogen (secondary N) is 1. The molecular formula is C15H21N5O5S2.